The van der Waals surface area contributed by atoms with Crippen molar-refractivity contribution in [2.75, 3.05) is 11.9 Å². The Hall–Kier alpha value is -2.76. The second kappa shape index (κ2) is 8.75. The third-order valence-corrected chi connectivity index (χ3v) is 4.24. The van der Waals surface area contributed by atoms with Gasteiger partial charge in [0.2, 0.25) is 5.91 Å². The lowest BCUT2D eigenvalue weighted by atomic mass is 9.98. The van der Waals surface area contributed by atoms with Crippen LogP contribution >= 0.6 is 11.6 Å². The maximum absolute atomic E-state index is 13.8. The molecule has 1 unspecified atom stereocenters. The molecular weight excluding hydrogens is 370 g/mol. The van der Waals surface area contributed by atoms with Gasteiger partial charge in [-0.3, -0.25) is 10.1 Å². The zero-order chi connectivity index (χ0) is 19.2. The van der Waals surface area contributed by atoms with E-state index in [-0.39, 0.29) is 24.1 Å². The van der Waals surface area contributed by atoms with E-state index in [4.69, 9.17) is 11.6 Å². The summed E-state index contributed by atoms with van der Waals surface area (Å²) in [5.41, 5.74) is 1.75. The van der Waals surface area contributed by atoms with Crippen LogP contribution in [0.15, 0.2) is 72.8 Å². The maximum atomic E-state index is 13.8. The molecule has 3 rings (SSSR count). The number of carbonyl (C=O) groups is 1. The topological polar surface area (TPSA) is 41.1 Å². The van der Waals surface area contributed by atoms with Gasteiger partial charge in [-0.1, -0.05) is 54.1 Å². The fourth-order valence-electron chi connectivity index (χ4n) is 2.71. The molecule has 0 bridgehead atoms. The summed E-state index contributed by atoms with van der Waals surface area (Å²) in [6, 6.07) is 19.2. The first-order chi connectivity index (χ1) is 13.0. The lowest BCUT2D eigenvalue weighted by Crippen LogP contribution is -2.32. The van der Waals surface area contributed by atoms with E-state index in [1.54, 1.807) is 12.1 Å². The summed E-state index contributed by atoms with van der Waals surface area (Å²) in [7, 11) is 0. The number of benzene rings is 3. The Morgan fingerprint density at radius 2 is 1.59 bits per heavy atom. The van der Waals surface area contributed by atoms with Gasteiger partial charge in [0, 0.05) is 5.02 Å². The molecule has 2 N–H and O–H groups in total. The van der Waals surface area contributed by atoms with E-state index in [1.807, 2.05) is 30.3 Å². The highest BCUT2D eigenvalue weighted by Gasteiger charge is 2.16. The Morgan fingerprint density at radius 3 is 2.30 bits per heavy atom. The number of hydrogen-bond acceptors (Lipinski definition) is 2. The molecule has 3 aromatic carbocycles. The molecule has 3 aromatic rings. The SMILES string of the molecule is O=C(CNC(c1ccccc1)c1ccc(F)cc1)Nc1cc(Cl)ccc1F. The quantitative estimate of drug-likeness (QED) is 0.630. The van der Waals surface area contributed by atoms with Crippen molar-refractivity contribution in [3.05, 3.63) is 101 Å². The Labute approximate surface area is 161 Å². The van der Waals surface area contributed by atoms with Crippen LogP contribution in [0.2, 0.25) is 5.02 Å². The second-order valence-corrected chi connectivity index (χ2v) is 6.38. The number of carbonyl (C=O) groups excluding carboxylic acids is 1. The van der Waals surface area contributed by atoms with E-state index in [0.29, 0.717) is 5.02 Å². The van der Waals surface area contributed by atoms with E-state index >= 15 is 0 Å². The average molecular weight is 387 g/mol. The minimum atomic E-state index is -0.564. The first-order valence-electron chi connectivity index (χ1n) is 8.31. The summed E-state index contributed by atoms with van der Waals surface area (Å²) >= 11 is 5.84. The Balaban J connectivity index is 1.73. The third kappa shape index (κ3) is 5.12. The van der Waals surface area contributed by atoms with E-state index in [2.05, 4.69) is 10.6 Å². The maximum Gasteiger partial charge on any atom is 0.238 e. The zero-order valence-corrected chi connectivity index (χ0v) is 15.0. The van der Waals surface area contributed by atoms with Gasteiger partial charge in [-0.15, -0.1) is 0 Å². The molecule has 0 aromatic heterocycles. The van der Waals surface area contributed by atoms with Crippen molar-refractivity contribution in [1.82, 2.24) is 5.32 Å². The van der Waals surface area contributed by atoms with Crippen molar-refractivity contribution in [3.8, 4) is 0 Å². The minimum Gasteiger partial charge on any atom is -0.322 e. The molecule has 0 aliphatic rings. The Kier molecular flexibility index (Phi) is 6.16. The highest BCUT2D eigenvalue weighted by molar-refractivity contribution is 6.30. The fraction of sp³-hybridized carbons (Fsp3) is 0.0952. The molecular formula is C21H17ClF2N2O. The van der Waals surface area contributed by atoms with Gasteiger partial charge in [0.1, 0.15) is 11.6 Å². The Bertz CT molecular complexity index is 917. The van der Waals surface area contributed by atoms with Crippen molar-refractivity contribution in [1.29, 1.82) is 0 Å². The normalized spacial score (nSPS) is 11.8. The zero-order valence-electron chi connectivity index (χ0n) is 14.3. The number of nitrogens with one attached hydrogen (secondary N) is 2. The van der Waals surface area contributed by atoms with Gasteiger partial charge in [-0.05, 0) is 41.5 Å². The van der Waals surface area contributed by atoms with Crippen LogP contribution in [0, 0.1) is 11.6 Å². The average Bonchev–Trinajstić information content (AvgIpc) is 2.67. The van der Waals surface area contributed by atoms with E-state index in [1.165, 1.54) is 30.3 Å². The largest absolute Gasteiger partial charge is 0.322 e. The highest BCUT2D eigenvalue weighted by atomic mass is 35.5. The van der Waals surface area contributed by atoms with E-state index < -0.39 is 11.7 Å². The van der Waals surface area contributed by atoms with Crippen LogP contribution in [-0.2, 0) is 4.79 Å². The van der Waals surface area contributed by atoms with Gasteiger partial charge in [0.15, 0.2) is 0 Å². The molecule has 27 heavy (non-hydrogen) atoms. The van der Waals surface area contributed by atoms with Crippen molar-refractivity contribution in [2.24, 2.45) is 0 Å². The van der Waals surface area contributed by atoms with E-state index in [9.17, 15) is 13.6 Å². The molecule has 138 valence electrons. The Morgan fingerprint density at radius 1 is 0.926 bits per heavy atom. The van der Waals surface area contributed by atoms with Crippen LogP contribution in [0.25, 0.3) is 0 Å². The van der Waals surface area contributed by atoms with Crippen LogP contribution in [0.3, 0.4) is 0 Å². The summed E-state index contributed by atoms with van der Waals surface area (Å²) in [6.07, 6.45) is 0. The van der Waals surface area contributed by atoms with Crippen LogP contribution in [-0.4, -0.2) is 12.5 Å². The standard InChI is InChI=1S/C21H17ClF2N2O/c22-16-8-11-18(24)19(12-16)26-20(27)13-25-21(14-4-2-1-3-5-14)15-6-9-17(23)10-7-15/h1-12,21,25H,13H2,(H,26,27). The van der Waals surface area contributed by atoms with Gasteiger partial charge < -0.3 is 5.32 Å². The number of rotatable bonds is 6. The molecule has 0 spiro atoms. The molecule has 0 aliphatic heterocycles. The summed E-state index contributed by atoms with van der Waals surface area (Å²) in [5, 5.41) is 5.96. The van der Waals surface area contributed by atoms with Crippen molar-refractivity contribution >= 4 is 23.2 Å². The first kappa shape index (κ1) is 19.0. The van der Waals surface area contributed by atoms with Crippen LogP contribution in [0.1, 0.15) is 17.2 Å². The number of amides is 1. The lowest BCUT2D eigenvalue weighted by molar-refractivity contribution is -0.115. The summed E-state index contributed by atoms with van der Waals surface area (Å²) in [4.78, 5) is 12.3. The number of halogens is 3. The molecule has 0 saturated heterocycles. The summed E-state index contributed by atoms with van der Waals surface area (Å²) in [5.74, 6) is -1.31. The summed E-state index contributed by atoms with van der Waals surface area (Å²) in [6.45, 7) is -0.0666. The molecule has 3 nitrogen and oxygen atoms in total. The van der Waals surface area contributed by atoms with Crippen molar-refractivity contribution < 1.29 is 13.6 Å². The molecule has 1 atom stereocenters. The van der Waals surface area contributed by atoms with Gasteiger partial charge >= 0.3 is 0 Å². The monoisotopic (exact) mass is 386 g/mol. The number of hydrogen-bond donors (Lipinski definition) is 2. The lowest BCUT2D eigenvalue weighted by Gasteiger charge is -2.20. The van der Waals surface area contributed by atoms with Crippen LogP contribution < -0.4 is 10.6 Å². The van der Waals surface area contributed by atoms with Gasteiger partial charge in [0.25, 0.3) is 0 Å². The molecule has 0 heterocycles. The van der Waals surface area contributed by atoms with Crippen LogP contribution in [0.4, 0.5) is 14.5 Å². The molecule has 0 radical (unpaired) electrons. The molecule has 6 heteroatoms. The van der Waals surface area contributed by atoms with Gasteiger partial charge in [0.05, 0.1) is 18.3 Å². The molecule has 0 aliphatic carbocycles. The van der Waals surface area contributed by atoms with Gasteiger partial charge in [-0.25, -0.2) is 8.78 Å². The van der Waals surface area contributed by atoms with Crippen molar-refractivity contribution in [2.45, 2.75) is 6.04 Å². The predicted molar refractivity (Wildman–Crippen MR) is 103 cm³/mol. The van der Waals surface area contributed by atoms with Gasteiger partial charge in [-0.2, -0.15) is 0 Å². The summed E-state index contributed by atoms with van der Waals surface area (Å²) < 4.78 is 27.0. The highest BCUT2D eigenvalue weighted by Crippen LogP contribution is 2.23. The van der Waals surface area contributed by atoms with Crippen molar-refractivity contribution in [3.63, 3.8) is 0 Å². The molecule has 0 saturated carbocycles. The smallest absolute Gasteiger partial charge is 0.238 e. The van der Waals surface area contributed by atoms with E-state index in [0.717, 1.165) is 11.1 Å². The predicted octanol–water partition coefficient (Wildman–Crippen LogP) is 4.94. The minimum absolute atomic E-state index is 0.0207. The second-order valence-electron chi connectivity index (χ2n) is 5.95. The number of anilines is 1. The van der Waals surface area contributed by atoms with Crippen LogP contribution in [0.5, 0.6) is 0 Å². The molecule has 0 fully saturated rings. The molecule has 1 amide bonds. The first-order valence-corrected chi connectivity index (χ1v) is 8.69. The third-order valence-electron chi connectivity index (χ3n) is 4.01. The fourth-order valence-corrected chi connectivity index (χ4v) is 2.88.